The van der Waals surface area contributed by atoms with Crippen molar-refractivity contribution in [1.82, 2.24) is 10.3 Å². The third-order valence-corrected chi connectivity index (χ3v) is 2.86. The lowest BCUT2D eigenvalue weighted by atomic mass is 10.1. The molecule has 0 fully saturated rings. The smallest absolute Gasteiger partial charge is 0.270 e. The summed E-state index contributed by atoms with van der Waals surface area (Å²) in [6.07, 6.45) is 0.685. The van der Waals surface area contributed by atoms with Crippen LogP contribution in [0.2, 0.25) is 0 Å². The minimum atomic E-state index is -0.161. The highest BCUT2D eigenvalue weighted by molar-refractivity contribution is 7.07. The Labute approximate surface area is 103 Å². The fourth-order valence-electron chi connectivity index (χ4n) is 1.45. The number of hydrogen-bond donors (Lipinski definition) is 2. The number of hydrogen-bond acceptors (Lipinski definition) is 4. The Morgan fingerprint density at radius 3 is 3.06 bits per heavy atom. The van der Waals surface area contributed by atoms with Crippen LogP contribution in [0.5, 0.6) is 5.75 Å². The van der Waals surface area contributed by atoms with E-state index in [0.717, 1.165) is 5.56 Å². The quantitative estimate of drug-likeness (QED) is 0.867. The molecule has 4 nitrogen and oxygen atoms in total. The van der Waals surface area contributed by atoms with E-state index in [1.54, 1.807) is 29.1 Å². The molecule has 2 N–H and O–H groups in total. The Hall–Kier alpha value is -1.88. The molecule has 1 aromatic heterocycles. The van der Waals surface area contributed by atoms with Crippen molar-refractivity contribution in [1.29, 1.82) is 0 Å². The fourth-order valence-corrected chi connectivity index (χ4v) is 1.98. The van der Waals surface area contributed by atoms with Gasteiger partial charge in [-0.25, -0.2) is 4.98 Å². The van der Waals surface area contributed by atoms with Crippen molar-refractivity contribution in [3.63, 3.8) is 0 Å². The third kappa shape index (κ3) is 3.29. The Morgan fingerprint density at radius 1 is 1.47 bits per heavy atom. The maximum Gasteiger partial charge on any atom is 0.270 e. The molecule has 1 aromatic carbocycles. The molecular weight excluding hydrogens is 236 g/mol. The first-order valence-corrected chi connectivity index (χ1v) is 6.14. The van der Waals surface area contributed by atoms with Crippen LogP contribution in [-0.4, -0.2) is 22.5 Å². The van der Waals surface area contributed by atoms with Crippen molar-refractivity contribution in [3.8, 4) is 5.75 Å². The van der Waals surface area contributed by atoms with Gasteiger partial charge in [0.25, 0.3) is 5.91 Å². The molecule has 0 spiro atoms. The highest BCUT2D eigenvalue weighted by Crippen LogP contribution is 2.10. The molecule has 0 atom stereocenters. The largest absolute Gasteiger partial charge is 0.508 e. The van der Waals surface area contributed by atoms with Crippen LogP contribution in [-0.2, 0) is 6.42 Å². The highest BCUT2D eigenvalue weighted by atomic mass is 32.1. The number of aromatic nitrogens is 1. The molecule has 0 unspecified atom stereocenters. The Morgan fingerprint density at radius 2 is 2.35 bits per heavy atom. The summed E-state index contributed by atoms with van der Waals surface area (Å²) >= 11 is 1.39. The molecule has 1 amide bonds. The number of rotatable bonds is 4. The van der Waals surface area contributed by atoms with Crippen LogP contribution in [0.15, 0.2) is 35.2 Å². The standard InChI is InChI=1S/C12H12N2O2S/c15-10-3-1-2-9(6-10)4-5-13-12(16)11-7-17-8-14-11/h1-3,6-8,15H,4-5H2,(H,13,16). The van der Waals surface area contributed by atoms with Gasteiger partial charge < -0.3 is 10.4 Å². The van der Waals surface area contributed by atoms with Crippen LogP contribution >= 0.6 is 11.3 Å². The Bertz CT molecular complexity index is 497. The molecule has 5 heteroatoms. The molecule has 0 aliphatic rings. The van der Waals surface area contributed by atoms with E-state index in [1.165, 1.54) is 11.3 Å². The number of nitrogens with one attached hydrogen (secondary N) is 1. The number of carbonyl (C=O) groups is 1. The molecule has 0 bridgehead atoms. The van der Waals surface area contributed by atoms with E-state index in [2.05, 4.69) is 10.3 Å². The molecular formula is C12H12N2O2S. The molecule has 1 heterocycles. The number of phenolic OH excluding ortho intramolecular Hbond substituents is 1. The van der Waals surface area contributed by atoms with Gasteiger partial charge >= 0.3 is 0 Å². The van der Waals surface area contributed by atoms with Crippen molar-refractivity contribution < 1.29 is 9.90 Å². The van der Waals surface area contributed by atoms with Gasteiger partial charge in [-0.05, 0) is 24.1 Å². The SMILES string of the molecule is O=C(NCCc1cccc(O)c1)c1cscn1. The summed E-state index contributed by atoms with van der Waals surface area (Å²) < 4.78 is 0. The van der Waals surface area contributed by atoms with Crippen LogP contribution < -0.4 is 5.32 Å². The Balaban J connectivity index is 1.82. The number of thiazole rings is 1. The second kappa shape index (κ2) is 5.45. The van der Waals surface area contributed by atoms with Crippen LogP contribution in [0.25, 0.3) is 0 Å². The summed E-state index contributed by atoms with van der Waals surface area (Å²) in [7, 11) is 0. The van der Waals surface area contributed by atoms with Gasteiger partial charge in [0.2, 0.25) is 0 Å². The average molecular weight is 248 g/mol. The summed E-state index contributed by atoms with van der Waals surface area (Å²) in [5.41, 5.74) is 3.07. The number of amides is 1. The zero-order chi connectivity index (χ0) is 12.1. The summed E-state index contributed by atoms with van der Waals surface area (Å²) in [6.45, 7) is 0.528. The molecule has 2 aromatic rings. The second-order valence-electron chi connectivity index (χ2n) is 3.55. The van der Waals surface area contributed by atoms with E-state index in [0.29, 0.717) is 18.7 Å². The molecule has 0 radical (unpaired) electrons. The van der Waals surface area contributed by atoms with Crippen LogP contribution in [0, 0.1) is 0 Å². The number of benzene rings is 1. The van der Waals surface area contributed by atoms with Crippen LogP contribution in [0.3, 0.4) is 0 Å². The van der Waals surface area contributed by atoms with E-state index in [4.69, 9.17) is 0 Å². The van der Waals surface area contributed by atoms with Gasteiger partial charge in [-0.3, -0.25) is 4.79 Å². The van der Waals surface area contributed by atoms with Gasteiger partial charge in [-0.1, -0.05) is 12.1 Å². The maximum atomic E-state index is 11.5. The molecule has 0 saturated heterocycles. The van der Waals surface area contributed by atoms with Crippen molar-refractivity contribution in [2.75, 3.05) is 6.54 Å². The van der Waals surface area contributed by atoms with Gasteiger partial charge in [0.05, 0.1) is 5.51 Å². The van der Waals surface area contributed by atoms with Crippen molar-refractivity contribution in [3.05, 3.63) is 46.4 Å². The first-order chi connectivity index (χ1) is 8.25. The monoisotopic (exact) mass is 248 g/mol. The minimum Gasteiger partial charge on any atom is -0.508 e. The Kier molecular flexibility index (Phi) is 3.72. The number of phenols is 1. The first-order valence-electron chi connectivity index (χ1n) is 5.20. The summed E-state index contributed by atoms with van der Waals surface area (Å²) in [5.74, 6) is 0.0831. The topological polar surface area (TPSA) is 62.2 Å². The first kappa shape index (κ1) is 11.6. The third-order valence-electron chi connectivity index (χ3n) is 2.27. The molecule has 0 aliphatic carbocycles. The zero-order valence-electron chi connectivity index (χ0n) is 9.09. The molecule has 0 saturated carbocycles. The van der Waals surface area contributed by atoms with Gasteiger partial charge in [0, 0.05) is 11.9 Å². The normalized spacial score (nSPS) is 10.1. The lowest BCUT2D eigenvalue weighted by Crippen LogP contribution is -2.25. The maximum absolute atomic E-state index is 11.5. The molecule has 88 valence electrons. The summed E-state index contributed by atoms with van der Waals surface area (Å²) in [5, 5.41) is 13.8. The number of carbonyl (C=O) groups excluding carboxylic acids is 1. The predicted octanol–water partition coefficient (Wildman–Crippen LogP) is 1.82. The van der Waals surface area contributed by atoms with Crippen LogP contribution in [0.4, 0.5) is 0 Å². The zero-order valence-corrected chi connectivity index (χ0v) is 9.91. The van der Waals surface area contributed by atoms with Gasteiger partial charge in [0.1, 0.15) is 11.4 Å². The van der Waals surface area contributed by atoms with Crippen molar-refractivity contribution in [2.45, 2.75) is 6.42 Å². The fraction of sp³-hybridized carbons (Fsp3) is 0.167. The van der Waals surface area contributed by atoms with Crippen molar-refractivity contribution in [2.24, 2.45) is 0 Å². The van der Waals surface area contributed by atoms with E-state index in [-0.39, 0.29) is 11.7 Å². The number of nitrogens with zero attached hydrogens (tertiary/aromatic N) is 1. The van der Waals surface area contributed by atoms with E-state index < -0.39 is 0 Å². The lowest BCUT2D eigenvalue weighted by molar-refractivity contribution is 0.0950. The number of aromatic hydroxyl groups is 1. The predicted molar refractivity (Wildman–Crippen MR) is 66.3 cm³/mol. The second-order valence-corrected chi connectivity index (χ2v) is 4.27. The van der Waals surface area contributed by atoms with Gasteiger partial charge in [0.15, 0.2) is 0 Å². The van der Waals surface area contributed by atoms with E-state index in [9.17, 15) is 9.90 Å². The molecule has 17 heavy (non-hydrogen) atoms. The molecule has 0 aliphatic heterocycles. The van der Waals surface area contributed by atoms with Crippen molar-refractivity contribution >= 4 is 17.2 Å². The highest BCUT2D eigenvalue weighted by Gasteiger charge is 2.06. The van der Waals surface area contributed by atoms with Gasteiger partial charge in [-0.2, -0.15) is 0 Å². The van der Waals surface area contributed by atoms with Gasteiger partial charge in [-0.15, -0.1) is 11.3 Å². The summed E-state index contributed by atoms with van der Waals surface area (Å²) in [4.78, 5) is 15.5. The van der Waals surface area contributed by atoms with Crippen LogP contribution in [0.1, 0.15) is 16.1 Å². The lowest BCUT2D eigenvalue weighted by Gasteiger charge is -2.03. The minimum absolute atomic E-state index is 0.161. The summed E-state index contributed by atoms with van der Waals surface area (Å²) in [6, 6.07) is 7.01. The van der Waals surface area contributed by atoms with E-state index in [1.807, 2.05) is 6.07 Å². The van der Waals surface area contributed by atoms with E-state index >= 15 is 0 Å². The average Bonchev–Trinajstić information content (AvgIpc) is 2.82. The molecule has 2 rings (SSSR count).